The van der Waals surface area contributed by atoms with Crippen LogP contribution in [0.5, 0.6) is 0 Å². The fourth-order valence-corrected chi connectivity index (χ4v) is 3.58. The van der Waals surface area contributed by atoms with Gasteiger partial charge >= 0.3 is 0 Å². The van der Waals surface area contributed by atoms with Crippen LogP contribution in [0.3, 0.4) is 0 Å². The first-order chi connectivity index (χ1) is 13.3. The summed E-state index contributed by atoms with van der Waals surface area (Å²) in [5, 5.41) is 11.1. The Morgan fingerprint density at radius 2 is 2.26 bits per heavy atom. The fourth-order valence-electron chi connectivity index (χ4n) is 2.93. The Hall–Kier alpha value is -3.53. The zero-order valence-electron chi connectivity index (χ0n) is 14.4. The number of imidazole rings is 2. The van der Waals surface area contributed by atoms with Gasteiger partial charge in [0, 0.05) is 30.4 Å². The van der Waals surface area contributed by atoms with Crippen molar-refractivity contribution in [1.82, 2.24) is 38.5 Å². The van der Waals surface area contributed by atoms with E-state index in [9.17, 15) is 0 Å². The Kier molecular flexibility index (Phi) is 3.68. The Morgan fingerprint density at radius 3 is 3.07 bits per heavy atom. The van der Waals surface area contributed by atoms with E-state index >= 15 is 0 Å². The molecular formula is C17H15N9S. The van der Waals surface area contributed by atoms with E-state index in [-0.39, 0.29) is 0 Å². The number of aromatic nitrogens is 8. The minimum absolute atomic E-state index is 0.683. The predicted molar refractivity (Wildman–Crippen MR) is 102 cm³/mol. The van der Waals surface area contributed by atoms with Gasteiger partial charge in [-0.25, -0.2) is 15.0 Å². The summed E-state index contributed by atoms with van der Waals surface area (Å²) in [5.41, 5.74) is 4.53. The van der Waals surface area contributed by atoms with Crippen molar-refractivity contribution in [2.24, 2.45) is 0 Å². The number of nitrogens with zero attached hydrogens (tertiary/aromatic N) is 7. The third-order valence-corrected chi connectivity index (χ3v) is 4.85. The number of anilines is 2. The van der Waals surface area contributed by atoms with Gasteiger partial charge < -0.3 is 9.88 Å². The van der Waals surface area contributed by atoms with E-state index in [1.807, 2.05) is 46.7 Å². The molecule has 0 aliphatic carbocycles. The zero-order valence-corrected chi connectivity index (χ0v) is 15.2. The lowest BCUT2D eigenvalue weighted by molar-refractivity contribution is 0.783. The quantitative estimate of drug-likeness (QED) is 0.488. The molecule has 27 heavy (non-hydrogen) atoms. The van der Waals surface area contributed by atoms with Crippen molar-refractivity contribution < 1.29 is 0 Å². The molecular weight excluding hydrogens is 362 g/mol. The van der Waals surface area contributed by atoms with Crippen LogP contribution in [0.2, 0.25) is 0 Å². The maximum absolute atomic E-state index is 4.62. The fraction of sp³-hybridized carbons (Fsp3) is 0.118. The average Bonchev–Trinajstić information content (AvgIpc) is 3.43. The Balaban J connectivity index is 1.48. The monoisotopic (exact) mass is 377 g/mol. The van der Waals surface area contributed by atoms with E-state index < -0.39 is 0 Å². The molecule has 0 aromatic carbocycles. The van der Waals surface area contributed by atoms with Crippen molar-refractivity contribution in [1.29, 1.82) is 0 Å². The standard InChI is InChI=1S/C17H15N9S/c1-11-8-26-14(12-5-20-21-6-12)7-19-17(26)16(22-11)23-15-4-13(24-27-15)9-25-3-2-18-10-25/h2-8,10H,9H2,1H3,(H,20,21)(H,22,23). The van der Waals surface area contributed by atoms with E-state index in [0.717, 1.165) is 33.3 Å². The summed E-state index contributed by atoms with van der Waals surface area (Å²) in [6.07, 6.45) is 12.9. The number of hydrogen-bond donors (Lipinski definition) is 2. The summed E-state index contributed by atoms with van der Waals surface area (Å²) < 4.78 is 8.50. The second-order valence-corrected chi connectivity index (χ2v) is 6.90. The summed E-state index contributed by atoms with van der Waals surface area (Å²) in [7, 11) is 0. The number of fused-ring (bicyclic) bond motifs is 1. The third-order valence-electron chi connectivity index (χ3n) is 4.11. The molecule has 5 heterocycles. The van der Waals surface area contributed by atoms with Crippen molar-refractivity contribution in [3.05, 3.63) is 61.0 Å². The summed E-state index contributed by atoms with van der Waals surface area (Å²) in [6, 6.07) is 2.02. The van der Waals surface area contributed by atoms with Crippen LogP contribution in [0.25, 0.3) is 16.9 Å². The molecule has 0 radical (unpaired) electrons. The molecule has 0 spiro atoms. The molecule has 10 heteroatoms. The smallest absolute Gasteiger partial charge is 0.180 e. The molecule has 2 N–H and O–H groups in total. The number of rotatable bonds is 5. The lowest BCUT2D eigenvalue weighted by Crippen LogP contribution is -2.00. The highest BCUT2D eigenvalue weighted by atomic mass is 32.1. The largest absolute Gasteiger partial charge is 0.331 e. The minimum atomic E-state index is 0.683. The van der Waals surface area contributed by atoms with E-state index in [0.29, 0.717) is 12.4 Å². The van der Waals surface area contributed by atoms with Crippen LogP contribution in [-0.4, -0.2) is 38.5 Å². The van der Waals surface area contributed by atoms with Crippen LogP contribution in [0.4, 0.5) is 10.8 Å². The van der Waals surface area contributed by atoms with Crippen molar-refractivity contribution in [2.75, 3.05) is 5.32 Å². The van der Waals surface area contributed by atoms with E-state index in [1.165, 1.54) is 11.5 Å². The first-order valence-electron chi connectivity index (χ1n) is 8.28. The highest BCUT2D eigenvalue weighted by molar-refractivity contribution is 7.10. The molecule has 0 saturated heterocycles. The Bertz CT molecular complexity index is 1180. The maximum atomic E-state index is 4.62. The minimum Gasteiger partial charge on any atom is -0.331 e. The molecule has 134 valence electrons. The Labute approximate surface area is 157 Å². The van der Waals surface area contributed by atoms with E-state index in [4.69, 9.17) is 0 Å². The number of nitrogens with one attached hydrogen (secondary N) is 2. The molecule has 5 aromatic heterocycles. The average molecular weight is 377 g/mol. The maximum Gasteiger partial charge on any atom is 0.180 e. The normalized spacial score (nSPS) is 11.3. The molecule has 0 saturated carbocycles. The molecule has 9 nitrogen and oxygen atoms in total. The second-order valence-electron chi connectivity index (χ2n) is 6.10. The van der Waals surface area contributed by atoms with Gasteiger partial charge in [-0.3, -0.25) is 9.50 Å². The van der Waals surface area contributed by atoms with Gasteiger partial charge in [-0.1, -0.05) is 0 Å². The summed E-state index contributed by atoms with van der Waals surface area (Å²) >= 11 is 1.40. The number of aryl methyl sites for hydroxylation is 1. The van der Waals surface area contributed by atoms with Gasteiger partial charge in [0.2, 0.25) is 0 Å². The van der Waals surface area contributed by atoms with Crippen LogP contribution < -0.4 is 5.32 Å². The van der Waals surface area contributed by atoms with Crippen LogP contribution in [-0.2, 0) is 6.54 Å². The zero-order chi connectivity index (χ0) is 18.2. The summed E-state index contributed by atoms with van der Waals surface area (Å²) in [6.45, 7) is 2.64. The molecule has 0 aliphatic rings. The molecule has 5 rings (SSSR count). The van der Waals surface area contributed by atoms with Gasteiger partial charge in [0.05, 0.1) is 42.3 Å². The summed E-state index contributed by atoms with van der Waals surface area (Å²) in [4.78, 5) is 13.2. The first kappa shape index (κ1) is 15.7. The van der Waals surface area contributed by atoms with Gasteiger partial charge in [-0.2, -0.15) is 9.47 Å². The van der Waals surface area contributed by atoms with Crippen LogP contribution in [0.1, 0.15) is 11.4 Å². The van der Waals surface area contributed by atoms with Crippen LogP contribution in [0.15, 0.2) is 49.6 Å². The van der Waals surface area contributed by atoms with Gasteiger partial charge in [-0.15, -0.1) is 0 Å². The van der Waals surface area contributed by atoms with Crippen LogP contribution >= 0.6 is 11.5 Å². The number of aromatic amines is 1. The van der Waals surface area contributed by atoms with Gasteiger partial charge in [0.25, 0.3) is 0 Å². The second kappa shape index (κ2) is 6.32. The first-order valence-corrected chi connectivity index (χ1v) is 9.06. The van der Waals surface area contributed by atoms with Crippen molar-refractivity contribution in [3.63, 3.8) is 0 Å². The summed E-state index contributed by atoms with van der Waals surface area (Å²) in [5.74, 6) is 0.697. The van der Waals surface area contributed by atoms with Crippen molar-refractivity contribution in [2.45, 2.75) is 13.5 Å². The highest BCUT2D eigenvalue weighted by Gasteiger charge is 2.13. The van der Waals surface area contributed by atoms with Crippen LogP contribution in [0, 0.1) is 6.92 Å². The lowest BCUT2D eigenvalue weighted by Gasteiger charge is -2.07. The number of H-pyrrole nitrogens is 1. The van der Waals surface area contributed by atoms with Crippen molar-refractivity contribution >= 4 is 28.0 Å². The van der Waals surface area contributed by atoms with Crippen molar-refractivity contribution in [3.8, 4) is 11.3 Å². The highest BCUT2D eigenvalue weighted by Crippen LogP contribution is 2.27. The molecule has 0 amide bonds. The van der Waals surface area contributed by atoms with Gasteiger partial charge in [0.15, 0.2) is 11.5 Å². The third kappa shape index (κ3) is 2.95. The van der Waals surface area contributed by atoms with Gasteiger partial charge in [0.1, 0.15) is 5.00 Å². The molecule has 0 aliphatic heterocycles. The molecule has 0 bridgehead atoms. The molecule has 0 unspecified atom stereocenters. The number of hydrogen-bond acceptors (Lipinski definition) is 7. The molecule has 5 aromatic rings. The SMILES string of the molecule is Cc1cn2c(-c3cn[nH]c3)cnc2c(Nc2cc(Cn3ccnc3)ns2)n1. The van der Waals surface area contributed by atoms with Gasteiger partial charge in [-0.05, 0) is 24.5 Å². The molecule has 0 atom stereocenters. The molecule has 0 fully saturated rings. The lowest BCUT2D eigenvalue weighted by atomic mass is 10.3. The topological polar surface area (TPSA) is 102 Å². The predicted octanol–water partition coefficient (Wildman–Crippen LogP) is 2.87. The van der Waals surface area contributed by atoms with E-state index in [1.54, 1.807) is 18.7 Å². The Morgan fingerprint density at radius 1 is 1.30 bits per heavy atom. The van der Waals surface area contributed by atoms with E-state index in [2.05, 4.69) is 34.8 Å².